The van der Waals surface area contributed by atoms with E-state index in [2.05, 4.69) is 10.3 Å². The van der Waals surface area contributed by atoms with E-state index in [1.165, 1.54) is 18.9 Å². The number of methoxy groups -OCH3 is 1. The Morgan fingerprint density at radius 3 is 2.64 bits per heavy atom. The summed E-state index contributed by atoms with van der Waals surface area (Å²) in [6, 6.07) is 16.7. The summed E-state index contributed by atoms with van der Waals surface area (Å²) >= 11 is 2.75. The van der Waals surface area contributed by atoms with Gasteiger partial charge in [0.15, 0.2) is 5.58 Å². The van der Waals surface area contributed by atoms with Gasteiger partial charge in [-0.25, -0.2) is 9.78 Å². The van der Waals surface area contributed by atoms with Crippen molar-refractivity contribution in [3.8, 4) is 0 Å². The Morgan fingerprint density at radius 1 is 1.14 bits per heavy atom. The van der Waals surface area contributed by atoms with Gasteiger partial charge in [0.05, 0.1) is 12.9 Å². The molecule has 1 unspecified atom stereocenters. The molecule has 8 heteroatoms. The zero-order valence-electron chi connectivity index (χ0n) is 15.3. The van der Waals surface area contributed by atoms with Crippen LogP contribution in [0.15, 0.2) is 64.2 Å². The van der Waals surface area contributed by atoms with Crippen LogP contribution in [0.25, 0.3) is 11.1 Å². The normalized spacial score (nSPS) is 11.9. The summed E-state index contributed by atoms with van der Waals surface area (Å²) in [5.41, 5.74) is 2.58. The molecule has 1 amide bonds. The predicted octanol–water partition coefficient (Wildman–Crippen LogP) is 3.51. The fourth-order valence-electron chi connectivity index (χ4n) is 2.46. The first kappa shape index (κ1) is 20.3. The lowest BCUT2D eigenvalue weighted by molar-refractivity contribution is -0.144. The van der Waals surface area contributed by atoms with E-state index in [1.807, 2.05) is 54.6 Å². The van der Waals surface area contributed by atoms with Crippen molar-refractivity contribution < 1.29 is 18.7 Å². The second kappa shape index (κ2) is 10.2. The monoisotopic (exact) mass is 416 g/mol. The van der Waals surface area contributed by atoms with E-state index in [0.717, 1.165) is 16.8 Å². The third-order valence-electron chi connectivity index (χ3n) is 3.82. The third kappa shape index (κ3) is 5.77. The maximum atomic E-state index is 12.3. The minimum absolute atomic E-state index is 0.101. The molecule has 3 rings (SSSR count). The number of aromatic nitrogens is 1. The van der Waals surface area contributed by atoms with Gasteiger partial charge in [-0.3, -0.25) is 4.79 Å². The number of esters is 1. The molecule has 1 atom stereocenters. The van der Waals surface area contributed by atoms with Crippen LogP contribution >= 0.6 is 23.5 Å². The highest BCUT2D eigenvalue weighted by molar-refractivity contribution is 7.99. The smallest absolute Gasteiger partial charge is 0.329 e. The molecule has 1 aromatic heterocycles. The highest BCUT2D eigenvalue weighted by Gasteiger charge is 2.22. The highest BCUT2D eigenvalue weighted by atomic mass is 32.2. The van der Waals surface area contributed by atoms with Crippen molar-refractivity contribution in [1.29, 1.82) is 0 Å². The molecule has 0 spiro atoms. The van der Waals surface area contributed by atoms with E-state index < -0.39 is 12.0 Å². The van der Waals surface area contributed by atoms with Crippen molar-refractivity contribution in [3.63, 3.8) is 0 Å². The van der Waals surface area contributed by atoms with E-state index in [4.69, 9.17) is 9.15 Å². The maximum Gasteiger partial charge on any atom is 0.329 e. The van der Waals surface area contributed by atoms with E-state index in [0.29, 0.717) is 16.6 Å². The number of amides is 1. The second-order valence-corrected chi connectivity index (χ2v) is 7.84. The van der Waals surface area contributed by atoms with Gasteiger partial charge in [0, 0.05) is 11.5 Å². The van der Waals surface area contributed by atoms with Crippen molar-refractivity contribution in [2.24, 2.45) is 0 Å². The SMILES string of the molecule is COC(=O)C(CSCc1ccccc1)NC(=O)CSc1nc2ccccc2o1. The van der Waals surface area contributed by atoms with Gasteiger partial charge in [0.1, 0.15) is 11.6 Å². The summed E-state index contributed by atoms with van der Waals surface area (Å²) in [6.45, 7) is 0. The first-order chi connectivity index (χ1) is 13.7. The van der Waals surface area contributed by atoms with Crippen LogP contribution in [0.1, 0.15) is 5.56 Å². The van der Waals surface area contributed by atoms with Crippen LogP contribution in [0.5, 0.6) is 0 Å². The van der Waals surface area contributed by atoms with Crippen LogP contribution in [-0.4, -0.2) is 41.5 Å². The van der Waals surface area contributed by atoms with Crippen molar-refractivity contribution in [3.05, 3.63) is 60.2 Å². The van der Waals surface area contributed by atoms with Crippen LogP contribution in [-0.2, 0) is 20.1 Å². The second-order valence-electron chi connectivity index (χ2n) is 5.88. The number of hydrogen-bond acceptors (Lipinski definition) is 7. The third-order valence-corrected chi connectivity index (χ3v) is 5.75. The number of ether oxygens (including phenoxy) is 1. The van der Waals surface area contributed by atoms with Crippen molar-refractivity contribution in [2.45, 2.75) is 17.0 Å². The first-order valence-electron chi connectivity index (χ1n) is 8.63. The molecule has 0 saturated carbocycles. The first-order valence-corrected chi connectivity index (χ1v) is 10.8. The fourth-order valence-corrected chi connectivity index (χ4v) is 4.11. The summed E-state index contributed by atoms with van der Waals surface area (Å²) in [7, 11) is 1.32. The van der Waals surface area contributed by atoms with Crippen molar-refractivity contribution >= 4 is 46.5 Å². The number of fused-ring (bicyclic) bond motifs is 1. The zero-order chi connectivity index (χ0) is 19.8. The average molecular weight is 417 g/mol. The topological polar surface area (TPSA) is 81.4 Å². The molecule has 0 aliphatic rings. The number of oxazole rings is 1. The van der Waals surface area contributed by atoms with Crippen molar-refractivity contribution in [2.75, 3.05) is 18.6 Å². The number of thioether (sulfide) groups is 2. The number of nitrogens with zero attached hydrogens (tertiary/aromatic N) is 1. The lowest BCUT2D eigenvalue weighted by Gasteiger charge is -2.16. The molecule has 1 N–H and O–H groups in total. The summed E-state index contributed by atoms with van der Waals surface area (Å²) in [5.74, 6) is 0.551. The van der Waals surface area contributed by atoms with Gasteiger partial charge < -0.3 is 14.5 Å². The zero-order valence-corrected chi connectivity index (χ0v) is 16.9. The van der Waals surface area contributed by atoms with E-state index in [-0.39, 0.29) is 11.7 Å². The van der Waals surface area contributed by atoms with Gasteiger partial charge in [-0.2, -0.15) is 11.8 Å². The highest BCUT2D eigenvalue weighted by Crippen LogP contribution is 2.23. The quantitative estimate of drug-likeness (QED) is 0.422. The molecule has 6 nitrogen and oxygen atoms in total. The lowest BCUT2D eigenvalue weighted by Crippen LogP contribution is -2.44. The van der Waals surface area contributed by atoms with Crippen LogP contribution in [0.2, 0.25) is 0 Å². The largest absolute Gasteiger partial charge is 0.467 e. The molecule has 0 fully saturated rings. The van der Waals surface area contributed by atoms with Crippen molar-refractivity contribution in [1.82, 2.24) is 10.3 Å². The molecule has 0 aliphatic heterocycles. The minimum Gasteiger partial charge on any atom is -0.467 e. The van der Waals surface area contributed by atoms with E-state index in [9.17, 15) is 9.59 Å². The lowest BCUT2D eigenvalue weighted by atomic mass is 10.2. The van der Waals surface area contributed by atoms with E-state index >= 15 is 0 Å². The molecule has 0 saturated heterocycles. The van der Waals surface area contributed by atoms with Gasteiger partial charge in [-0.15, -0.1) is 0 Å². The molecular weight excluding hydrogens is 396 g/mol. The number of rotatable bonds is 9. The standard InChI is InChI=1S/C20H20N2O4S2/c1-25-19(24)16(12-27-11-14-7-3-2-4-8-14)21-18(23)13-28-20-22-15-9-5-6-10-17(15)26-20/h2-10,16H,11-13H2,1H3,(H,21,23). The number of nitrogens with one attached hydrogen (secondary N) is 1. The maximum absolute atomic E-state index is 12.3. The van der Waals surface area contributed by atoms with Crippen LogP contribution in [0.4, 0.5) is 0 Å². The Bertz CT molecular complexity index is 897. The molecule has 0 aliphatic carbocycles. The molecule has 0 bridgehead atoms. The molecule has 3 aromatic rings. The van der Waals surface area contributed by atoms with Gasteiger partial charge in [-0.1, -0.05) is 54.2 Å². The number of carbonyl (C=O) groups is 2. The number of carbonyl (C=O) groups excluding carboxylic acids is 2. The molecular formula is C20H20N2O4S2. The van der Waals surface area contributed by atoms with Crippen LogP contribution in [0, 0.1) is 0 Å². The summed E-state index contributed by atoms with van der Waals surface area (Å²) < 4.78 is 10.4. The Hall–Kier alpha value is -2.45. The predicted molar refractivity (Wildman–Crippen MR) is 111 cm³/mol. The molecule has 146 valence electrons. The minimum atomic E-state index is -0.699. The van der Waals surface area contributed by atoms with Crippen LogP contribution < -0.4 is 5.32 Å². The number of para-hydroxylation sites is 2. The molecule has 28 heavy (non-hydrogen) atoms. The molecule has 1 heterocycles. The van der Waals surface area contributed by atoms with Crippen LogP contribution in [0.3, 0.4) is 0 Å². The summed E-state index contributed by atoms with van der Waals surface area (Å²) in [6.07, 6.45) is 0. The Morgan fingerprint density at radius 2 is 1.89 bits per heavy atom. The molecule has 2 aromatic carbocycles. The Labute approximate surface area is 171 Å². The summed E-state index contributed by atoms with van der Waals surface area (Å²) in [4.78, 5) is 28.6. The Balaban J connectivity index is 1.49. The van der Waals surface area contributed by atoms with Gasteiger partial charge in [0.2, 0.25) is 5.91 Å². The van der Waals surface area contributed by atoms with Gasteiger partial charge in [0.25, 0.3) is 5.22 Å². The summed E-state index contributed by atoms with van der Waals surface area (Å²) in [5, 5.41) is 3.15. The fraction of sp³-hybridized carbons (Fsp3) is 0.250. The van der Waals surface area contributed by atoms with E-state index in [1.54, 1.807) is 11.8 Å². The molecule has 0 radical (unpaired) electrons. The Kier molecular flexibility index (Phi) is 7.39. The average Bonchev–Trinajstić information content (AvgIpc) is 3.15. The number of benzene rings is 2. The number of hydrogen-bond donors (Lipinski definition) is 1. The van der Waals surface area contributed by atoms with Gasteiger partial charge >= 0.3 is 5.97 Å². The van der Waals surface area contributed by atoms with Gasteiger partial charge in [-0.05, 0) is 17.7 Å².